The van der Waals surface area contributed by atoms with E-state index in [1.807, 2.05) is 5.38 Å². The Labute approximate surface area is 96.7 Å². The molecule has 0 fully saturated rings. The highest BCUT2D eigenvalue weighted by molar-refractivity contribution is 7.08. The van der Waals surface area contributed by atoms with E-state index in [4.69, 9.17) is 0 Å². The van der Waals surface area contributed by atoms with Gasteiger partial charge in [-0.2, -0.15) is 11.3 Å². The number of esters is 2. The molecule has 1 rings (SSSR count). The lowest BCUT2D eigenvalue weighted by Gasteiger charge is -2.06. The van der Waals surface area contributed by atoms with Gasteiger partial charge in [0.25, 0.3) is 0 Å². The van der Waals surface area contributed by atoms with E-state index >= 15 is 0 Å². The van der Waals surface area contributed by atoms with Crippen LogP contribution in [0, 0.1) is 0 Å². The summed E-state index contributed by atoms with van der Waals surface area (Å²) in [5.74, 6) is -1.25. The number of carbonyl (C=O) groups excluding carboxylic acids is 2. The summed E-state index contributed by atoms with van der Waals surface area (Å²) in [5, 5.41) is 6.41. The Morgan fingerprint density at radius 3 is 2.62 bits per heavy atom. The quantitative estimate of drug-likeness (QED) is 0.637. The molecule has 0 spiro atoms. The minimum atomic E-state index is -0.628. The third kappa shape index (κ3) is 3.39. The maximum Gasteiger partial charge on any atom is 0.354 e. The SMILES string of the molecule is COC(=O)C=C(Nc1ccsc1)C(=O)OC. The number of methoxy groups -OCH3 is 2. The molecule has 16 heavy (non-hydrogen) atoms. The number of ether oxygens (including phenoxy) is 2. The Balaban J connectivity index is 2.84. The fraction of sp³-hybridized carbons (Fsp3) is 0.200. The molecule has 0 aliphatic rings. The first-order valence-corrected chi connectivity index (χ1v) is 5.29. The molecule has 0 saturated heterocycles. The maximum absolute atomic E-state index is 11.3. The van der Waals surface area contributed by atoms with Crippen molar-refractivity contribution < 1.29 is 19.1 Å². The van der Waals surface area contributed by atoms with E-state index in [-0.39, 0.29) is 5.70 Å². The van der Waals surface area contributed by atoms with Crippen LogP contribution in [0.1, 0.15) is 0 Å². The van der Waals surface area contributed by atoms with Crippen LogP contribution >= 0.6 is 11.3 Å². The molecule has 1 heterocycles. The van der Waals surface area contributed by atoms with Crippen LogP contribution < -0.4 is 5.32 Å². The van der Waals surface area contributed by atoms with Crippen molar-refractivity contribution >= 4 is 29.0 Å². The van der Waals surface area contributed by atoms with Gasteiger partial charge < -0.3 is 14.8 Å². The molecule has 0 aromatic carbocycles. The first-order valence-electron chi connectivity index (χ1n) is 4.34. The summed E-state index contributed by atoms with van der Waals surface area (Å²) in [5.41, 5.74) is 0.748. The number of anilines is 1. The molecule has 6 heteroatoms. The molecule has 0 unspecified atom stereocenters. The molecule has 0 saturated carbocycles. The van der Waals surface area contributed by atoms with E-state index in [0.717, 1.165) is 6.08 Å². The number of hydrogen-bond donors (Lipinski definition) is 1. The lowest BCUT2D eigenvalue weighted by molar-refractivity contribution is -0.138. The minimum absolute atomic E-state index is 0.0350. The third-order valence-electron chi connectivity index (χ3n) is 1.67. The van der Waals surface area contributed by atoms with Crippen molar-refractivity contribution in [1.82, 2.24) is 0 Å². The van der Waals surface area contributed by atoms with E-state index in [1.54, 1.807) is 11.4 Å². The van der Waals surface area contributed by atoms with Gasteiger partial charge in [-0.25, -0.2) is 9.59 Å². The van der Waals surface area contributed by atoms with Crippen LogP contribution in [-0.2, 0) is 19.1 Å². The second kappa shape index (κ2) is 5.92. The van der Waals surface area contributed by atoms with Crippen molar-refractivity contribution in [1.29, 1.82) is 0 Å². The molecule has 0 aliphatic carbocycles. The summed E-state index contributed by atoms with van der Waals surface area (Å²) < 4.78 is 8.97. The average Bonchev–Trinajstić information content (AvgIpc) is 2.79. The monoisotopic (exact) mass is 241 g/mol. The third-order valence-corrected chi connectivity index (χ3v) is 2.35. The molecule has 0 bridgehead atoms. The van der Waals surface area contributed by atoms with E-state index in [0.29, 0.717) is 5.69 Å². The Hall–Kier alpha value is -1.82. The summed E-state index contributed by atoms with van der Waals surface area (Å²) in [7, 11) is 2.47. The van der Waals surface area contributed by atoms with Gasteiger partial charge in [-0.1, -0.05) is 0 Å². The van der Waals surface area contributed by atoms with Gasteiger partial charge in [0.1, 0.15) is 5.70 Å². The maximum atomic E-state index is 11.3. The normalized spacial score (nSPS) is 10.8. The van der Waals surface area contributed by atoms with Crippen LogP contribution in [-0.4, -0.2) is 26.2 Å². The first kappa shape index (κ1) is 12.3. The number of thiophene rings is 1. The highest BCUT2D eigenvalue weighted by Crippen LogP contribution is 2.14. The molecule has 1 aromatic heterocycles. The van der Waals surface area contributed by atoms with E-state index < -0.39 is 11.9 Å². The number of hydrogen-bond acceptors (Lipinski definition) is 6. The van der Waals surface area contributed by atoms with E-state index in [1.165, 1.54) is 25.6 Å². The number of nitrogens with one attached hydrogen (secondary N) is 1. The summed E-state index contributed by atoms with van der Waals surface area (Å²) in [6, 6.07) is 1.78. The molecule has 86 valence electrons. The van der Waals surface area contributed by atoms with Crippen LogP contribution in [0.2, 0.25) is 0 Å². The van der Waals surface area contributed by atoms with Gasteiger partial charge in [-0.15, -0.1) is 0 Å². The van der Waals surface area contributed by atoms with Gasteiger partial charge in [0.05, 0.1) is 20.3 Å². The average molecular weight is 241 g/mol. The molecule has 5 nitrogen and oxygen atoms in total. The van der Waals surface area contributed by atoms with Crippen molar-refractivity contribution in [2.75, 3.05) is 19.5 Å². The second-order valence-electron chi connectivity index (χ2n) is 2.71. The Kier molecular flexibility index (Phi) is 4.53. The summed E-state index contributed by atoms with van der Waals surface area (Å²) in [4.78, 5) is 22.4. The molecular weight excluding hydrogens is 230 g/mol. The van der Waals surface area contributed by atoms with Crippen LogP contribution in [0.4, 0.5) is 5.69 Å². The lowest BCUT2D eigenvalue weighted by atomic mass is 10.3. The van der Waals surface area contributed by atoms with Gasteiger partial charge in [0, 0.05) is 11.1 Å². The van der Waals surface area contributed by atoms with E-state index in [9.17, 15) is 9.59 Å². The summed E-state index contributed by atoms with van der Waals surface area (Å²) in [6.45, 7) is 0. The topological polar surface area (TPSA) is 64.6 Å². The van der Waals surface area contributed by atoms with Gasteiger partial charge in [0.15, 0.2) is 0 Å². The van der Waals surface area contributed by atoms with Crippen molar-refractivity contribution in [3.05, 3.63) is 28.6 Å². The summed E-state index contributed by atoms with van der Waals surface area (Å²) in [6.07, 6.45) is 1.05. The largest absolute Gasteiger partial charge is 0.466 e. The van der Waals surface area contributed by atoms with Gasteiger partial charge in [-0.3, -0.25) is 0 Å². The highest BCUT2D eigenvalue weighted by atomic mass is 32.1. The van der Waals surface area contributed by atoms with Crippen LogP contribution in [0.15, 0.2) is 28.6 Å². The molecule has 0 amide bonds. The molecule has 1 aromatic rings. The smallest absolute Gasteiger partial charge is 0.354 e. The predicted molar refractivity (Wildman–Crippen MR) is 60.1 cm³/mol. The molecule has 1 N–H and O–H groups in total. The van der Waals surface area contributed by atoms with Crippen LogP contribution in [0.3, 0.4) is 0 Å². The highest BCUT2D eigenvalue weighted by Gasteiger charge is 2.12. The second-order valence-corrected chi connectivity index (χ2v) is 3.49. The zero-order valence-corrected chi connectivity index (χ0v) is 9.67. The number of carbonyl (C=O) groups is 2. The fourth-order valence-corrected chi connectivity index (χ4v) is 1.51. The van der Waals surface area contributed by atoms with Crippen molar-refractivity contribution in [2.45, 2.75) is 0 Å². The standard InChI is InChI=1S/C10H11NO4S/c1-14-9(12)5-8(10(13)15-2)11-7-3-4-16-6-7/h3-6,11H,1-2H3. The van der Waals surface area contributed by atoms with E-state index in [2.05, 4.69) is 14.8 Å². The molecule has 0 radical (unpaired) electrons. The Morgan fingerprint density at radius 1 is 1.38 bits per heavy atom. The van der Waals surface area contributed by atoms with Gasteiger partial charge in [-0.05, 0) is 11.4 Å². The molecule has 0 atom stereocenters. The van der Waals surface area contributed by atoms with Crippen LogP contribution in [0.25, 0.3) is 0 Å². The van der Waals surface area contributed by atoms with Crippen LogP contribution in [0.5, 0.6) is 0 Å². The Morgan fingerprint density at radius 2 is 2.12 bits per heavy atom. The molecule has 0 aliphatic heterocycles. The number of rotatable bonds is 4. The Bertz CT molecular complexity index is 397. The zero-order chi connectivity index (χ0) is 12.0. The zero-order valence-electron chi connectivity index (χ0n) is 8.85. The first-order chi connectivity index (χ1) is 7.67. The lowest BCUT2D eigenvalue weighted by Crippen LogP contribution is -2.15. The van der Waals surface area contributed by atoms with Crippen molar-refractivity contribution in [2.24, 2.45) is 0 Å². The summed E-state index contributed by atoms with van der Waals surface area (Å²) >= 11 is 1.47. The van der Waals surface area contributed by atoms with Crippen molar-refractivity contribution in [3.8, 4) is 0 Å². The minimum Gasteiger partial charge on any atom is -0.466 e. The van der Waals surface area contributed by atoms with Gasteiger partial charge in [0.2, 0.25) is 0 Å². The predicted octanol–water partition coefficient (Wildman–Crippen LogP) is 1.39. The fourth-order valence-electron chi connectivity index (χ4n) is 0.924. The van der Waals surface area contributed by atoms with Gasteiger partial charge >= 0.3 is 11.9 Å². The molecular formula is C10H11NO4S. The van der Waals surface area contributed by atoms with Crippen molar-refractivity contribution in [3.63, 3.8) is 0 Å².